The topological polar surface area (TPSA) is 41.3 Å². The van der Waals surface area contributed by atoms with Gasteiger partial charge < -0.3 is 14.6 Å². The van der Waals surface area contributed by atoms with Crippen molar-refractivity contribution >= 4 is 16.8 Å². The van der Waals surface area contributed by atoms with Crippen LogP contribution in [-0.4, -0.2) is 31.2 Å². The second-order valence-electron chi connectivity index (χ2n) is 5.19. The highest BCUT2D eigenvalue weighted by atomic mass is 16.3. The molecule has 2 heterocycles. The van der Waals surface area contributed by atoms with Crippen molar-refractivity contribution in [1.82, 2.24) is 10.3 Å². The monoisotopic (exact) mass is 259 g/mol. The highest BCUT2D eigenvalue weighted by Crippen LogP contribution is 2.31. The predicted molar refractivity (Wildman–Crippen MR) is 77.9 cm³/mol. The van der Waals surface area contributed by atoms with Crippen LogP contribution in [0.1, 0.15) is 23.9 Å². The van der Waals surface area contributed by atoms with Crippen LogP contribution < -0.4 is 10.2 Å². The first-order valence-corrected chi connectivity index (χ1v) is 7.06. The maximum atomic E-state index is 5.83. The molecule has 3 rings (SSSR count). The Morgan fingerprint density at radius 1 is 1.26 bits per heavy atom. The fourth-order valence-corrected chi connectivity index (χ4v) is 2.73. The lowest BCUT2D eigenvalue weighted by molar-refractivity contribution is 0.536. The van der Waals surface area contributed by atoms with Gasteiger partial charge in [-0.15, -0.1) is 0 Å². The van der Waals surface area contributed by atoms with E-state index in [9.17, 15) is 0 Å². The molecule has 4 heteroatoms. The average Bonchev–Trinajstić information content (AvgIpc) is 2.87. The van der Waals surface area contributed by atoms with Crippen LogP contribution in [-0.2, 0) is 6.42 Å². The van der Waals surface area contributed by atoms with E-state index in [4.69, 9.17) is 4.42 Å². The summed E-state index contributed by atoms with van der Waals surface area (Å²) in [6.07, 6.45) is 0.843. The molecule has 1 N–H and O–H groups in total. The second kappa shape index (κ2) is 4.85. The zero-order chi connectivity index (χ0) is 13.4. The molecule has 19 heavy (non-hydrogen) atoms. The normalized spacial score (nSPS) is 16.3. The van der Waals surface area contributed by atoms with Gasteiger partial charge in [0.15, 0.2) is 11.5 Å². The number of hydrogen-bond donors (Lipinski definition) is 1. The first-order valence-electron chi connectivity index (χ1n) is 7.06. The summed E-state index contributed by atoms with van der Waals surface area (Å²) in [5.41, 5.74) is 5.79. The van der Waals surface area contributed by atoms with Crippen LogP contribution in [0.5, 0.6) is 0 Å². The van der Waals surface area contributed by atoms with Crippen LogP contribution in [0.15, 0.2) is 10.5 Å². The Hall–Kier alpha value is -1.55. The molecule has 0 radical (unpaired) electrons. The molecule has 0 atom stereocenters. The predicted octanol–water partition coefficient (Wildman–Crippen LogP) is 2.42. The maximum absolute atomic E-state index is 5.83. The van der Waals surface area contributed by atoms with Crippen LogP contribution in [0.4, 0.5) is 5.69 Å². The van der Waals surface area contributed by atoms with Gasteiger partial charge in [0.25, 0.3) is 0 Å². The summed E-state index contributed by atoms with van der Waals surface area (Å²) in [5, 5.41) is 3.39. The Bertz CT molecular complexity index is 597. The molecule has 0 bridgehead atoms. The smallest absolute Gasteiger partial charge is 0.195 e. The van der Waals surface area contributed by atoms with E-state index in [2.05, 4.69) is 42.0 Å². The van der Waals surface area contributed by atoms with E-state index in [1.165, 1.54) is 16.8 Å². The molecule has 1 aromatic carbocycles. The number of fused-ring (bicyclic) bond motifs is 1. The van der Waals surface area contributed by atoms with Crippen molar-refractivity contribution in [2.24, 2.45) is 0 Å². The summed E-state index contributed by atoms with van der Waals surface area (Å²) in [5.74, 6) is 0.829. The largest absolute Gasteiger partial charge is 0.440 e. The van der Waals surface area contributed by atoms with Gasteiger partial charge in [0.05, 0.1) is 0 Å². The molecule has 0 spiro atoms. The van der Waals surface area contributed by atoms with Crippen molar-refractivity contribution in [2.45, 2.75) is 27.2 Å². The van der Waals surface area contributed by atoms with Gasteiger partial charge in [-0.2, -0.15) is 0 Å². The number of aromatic nitrogens is 1. The number of piperazine rings is 1. The molecule has 4 nitrogen and oxygen atoms in total. The molecular weight excluding hydrogens is 238 g/mol. The standard InChI is InChI=1S/C15H21N3O/c1-4-14-17-12-9-13(18-7-5-16-6-8-18)10(2)11(3)15(12)19-14/h9,16H,4-8H2,1-3H3. The molecule has 1 aliphatic rings. The number of aryl methyl sites for hydroxylation is 2. The van der Waals surface area contributed by atoms with Crippen molar-refractivity contribution in [3.63, 3.8) is 0 Å². The summed E-state index contributed by atoms with van der Waals surface area (Å²) in [4.78, 5) is 7.02. The summed E-state index contributed by atoms with van der Waals surface area (Å²) < 4.78 is 5.83. The molecule has 0 amide bonds. The van der Waals surface area contributed by atoms with Crippen molar-refractivity contribution in [3.8, 4) is 0 Å². The number of rotatable bonds is 2. The number of anilines is 1. The van der Waals surface area contributed by atoms with Gasteiger partial charge in [0.2, 0.25) is 0 Å². The van der Waals surface area contributed by atoms with E-state index in [0.29, 0.717) is 0 Å². The van der Waals surface area contributed by atoms with Crippen molar-refractivity contribution in [1.29, 1.82) is 0 Å². The SMILES string of the molecule is CCc1nc2cc(N3CCNCC3)c(C)c(C)c2o1. The molecule has 2 aromatic rings. The number of oxazole rings is 1. The summed E-state index contributed by atoms with van der Waals surface area (Å²) >= 11 is 0. The Labute approximate surface area is 113 Å². The van der Waals surface area contributed by atoms with Crippen LogP contribution in [0, 0.1) is 13.8 Å². The van der Waals surface area contributed by atoms with E-state index in [1.54, 1.807) is 0 Å². The van der Waals surface area contributed by atoms with Gasteiger partial charge in [0, 0.05) is 38.3 Å². The number of hydrogen-bond acceptors (Lipinski definition) is 4. The molecule has 0 aliphatic carbocycles. The first kappa shape index (κ1) is 12.5. The Morgan fingerprint density at radius 3 is 2.68 bits per heavy atom. The van der Waals surface area contributed by atoms with Crippen LogP contribution >= 0.6 is 0 Å². The zero-order valence-corrected chi connectivity index (χ0v) is 11.9. The minimum Gasteiger partial charge on any atom is -0.440 e. The highest BCUT2D eigenvalue weighted by molar-refractivity contribution is 5.83. The minimum atomic E-state index is 0.829. The summed E-state index contributed by atoms with van der Waals surface area (Å²) in [6.45, 7) is 10.6. The van der Waals surface area contributed by atoms with Crippen LogP contribution in [0.2, 0.25) is 0 Å². The Morgan fingerprint density at radius 2 is 2.00 bits per heavy atom. The number of nitrogens with zero attached hydrogens (tertiary/aromatic N) is 2. The lowest BCUT2D eigenvalue weighted by Crippen LogP contribution is -2.43. The van der Waals surface area contributed by atoms with Crippen molar-refractivity contribution < 1.29 is 4.42 Å². The number of benzene rings is 1. The van der Waals surface area contributed by atoms with E-state index in [-0.39, 0.29) is 0 Å². The number of nitrogens with one attached hydrogen (secondary N) is 1. The summed E-state index contributed by atoms with van der Waals surface area (Å²) in [7, 11) is 0. The average molecular weight is 259 g/mol. The second-order valence-corrected chi connectivity index (χ2v) is 5.19. The van der Waals surface area contributed by atoms with Gasteiger partial charge in [-0.3, -0.25) is 0 Å². The van der Waals surface area contributed by atoms with Gasteiger partial charge >= 0.3 is 0 Å². The Kier molecular flexibility index (Phi) is 3.19. The zero-order valence-electron chi connectivity index (χ0n) is 11.9. The third-order valence-corrected chi connectivity index (χ3v) is 4.02. The quantitative estimate of drug-likeness (QED) is 0.899. The molecule has 0 saturated carbocycles. The van der Waals surface area contributed by atoms with E-state index in [1.807, 2.05) is 0 Å². The fourth-order valence-electron chi connectivity index (χ4n) is 2.73. The lowest BCUT2D eigenvalue weighted by atomic mass is 10.1. The molecule has 102 valence electrons. The molecule has 1 fully saturated rings. The van der Waals surface area contributed by atoms with Gasteiger partial charge in [-0.1, -0.05) is 6.92 Å². The third kappa shape index (κ3) is 2.10. The molecule has 1 saturated heterocycles. The highest BCUT2D eigenvalue weighted by Gasteiger charge is 2.18. The van der Waals surface area contributed by atoms with E-state index < -0.39 is 0 Å². The lowest BCUT2D eigenvalue weighted by Gasteiger charge is -2.31. The molecule has 1 aromatic heterocycles. The fraction of sp³-hybridized carbons (Fsp3) is 0.533. The summed E-state index contributed by atoms with van der Waals surface area (Å²) in [6, 6.07) is 2.19. The minimum absolute atomic E-state index is 0.829. The molecule has 1 aliphatic heterocycles. The van der Waals surface area contributed by atoms with E-state index in [0.717, 1.165) is 49.6 Å². The molecule has 0 unspecified atom stereocenters. The van der Waals surface area contributed by atoms with Crippen LogP contribution in [0.3, 0.4) is 0 Å². The van der Waals surface area contributed by atoms with Crippen LogP contribution in [0.25, 0.3) is 11.1 Å². The van der Waals surface area contributed by atoms with Gasteiger partial charge in [0.1, 0.15) is 5.52 Å². The van der Waals surface area contributed by atoms with Gasteiger partial charge in [-0.25, -0.2) is 4.98 Å². The first-order chi connectivity index (χ1) is 9.20. The Balaban J connectivity index is 2.11. The molecular formula is C15H21N3O. The van der Waals surface area contributed by atoms with Crippen molar-refractivity contribution in [2.75, 3.05) is 31.1 Å². The maximum Gasteiger partial charge on any atom is 0.195 e. The van der Waals surface area contributed by atoms with E-state index >= 15 is 0 Å². The van der Waals surface area contributed by atoms with Gasteiger partial charge in [-0.05, 0) is 31.0 Å². The third-order valence-electron chi connectivity index (χ3n) is 4.02. The van der Waals surface area contributed by atoms with Crippen molar-refractivity contribution in [3.05, 3.63) is 23.1 Å².